The first-order valence-corrected chi connectivity index (χ1v) is 4.51. The number of hydrogen-bond donors (Lipinski definition) is 2. The van der Waals surface area contributed by atoms with Gasteiger partial charge < -0.3 is 15.1 Å². The second-order valence-electron chi connectivity index (χ2n) is 3.63. The van der Waals surface area contributed by atoms with E-state index in [0.717, 1.165) is 0 Å². The molecule has 1 saturated heterocycles. The third kappa shape index (κ3) is 2.13. The van der Waals surface area contributed by atoms with Crippen LogP contribution in [0, 0.1) is 0 Å². The van der Waals surface area contributed by atoms with Crippen molar-refractivity contribution in [1.82, 2.24) is 9.80 Å². The number of nitrogens with zero attached hydrogens (tertiary/aromatic N) is 2. The zero-order chi connectivity index (χ0) is 12.5. The molecule has 0 aromatic carbocycles. The van der Waals surface area contributed by atoms with Gasteiger partial charge in [-0.15, -0.1) is 0 Å². The lowest BCUT2D eigenvalue weighted by Gasteiger charge is -2.14. The Morgan fingerprint density at radius 1 is 1.44 bits per heavy atom. The van der Waals surface area contributed by atoms with Crippen molar-refractivity contribution in [1.29, 1.82) is 0 Å². The van der Waals surface area contributed by atoms with Crippen LogP contribution in [0.5, 0.6) is 0 Å². The van der Waals surface area contributed by atoms with E-state index in [1.807, 2.05) is 0 Å². The number of carboxylic acids is 1. The van der Waals surface area contributed by atoms with E-state index in [-0.39, 0.29) is 12.0 Å². The second-order valence-corrected chi connectivity index (χ2v) is 3.63. The minimum atomic E-state index is -1.54. The van der Waals surface area contributed by atoms with E-state index in [9.17, 15) is 14.4 Å². The van der Waals surface area contributed by atoms with Crippen LogP contribution in [-0.2, 0) is 9.59 Å². The maximum atomic E-state index is 11.6. The summed E-state index contributed by atoms with van der Waals surface area (Å²) in [6.07, 6.45) is -0.209. The molecule has 0 unspecified atom stereocenters. The Morgan fingerprint density at radius 3 is 2.31 bits per heavy atom. The molecular weight excluding hydrogens is 216 g/mol. The van der Waals surface area contributed by atoms with Gasteiger partial charge in [0, 0.05) is 32.3 Å². The minimum Gasteiger partial charge on any atom is -0.480 e. The standard InChI is InChI=1S/C9H12N2O5/c1-10(2)4-5-3-6(8(13)14)11(7(5)12)9(15)16/h4,6H,3H2,1-2H3,(H,13,14)(H,15,16)/b5-4+/t6-/m0/s1. The van der Waals surface area contributed by atoms with Gasteiger partial charge in [-0.05, 0) is 0 Å². The highest BCUT2D eigenvalue weighted by molar-refractivity contribution is 6.08. The number of likely N-dealkylation sites (tertiary alicyclic amines) is 1. The maximum absolute atomic E-state index is 11.6. The average Bonchev–Trinajstić information content (AvgIpc) is 2.43. The molecule has 0 radical (unpaired) electrons. The lowest BCUT2D eigenvalue weighted by molar-refractivity contribution is -0.144. The molecule has 2 N–H and O–H groups in total. The van der Waals surface area contributed by atoms with E-state index in [1.165, 1.54) is 6.20 Å². The second kappa shape index (κ2) is 4.21. The van der Waals surface area contributed by atoms with Crippen LogP contribution < -0.4 is 0 Å². The Hall–Kier alpha value is -2.05. The third-order valence-electron chi connectivity index (χ3n) is 2.12. The average molecular weight is 228 g/mol. The highest BCUT2D eigenvalue weighted by atomic mass is 16.4. The van der Waals surface area contributed by atoms with Crippen LogP contribution in [-0.4, -0.2) is 58.1 Å². The van der Waals surface area contributed by atoms with Crippen LogP contribution in [0.2, 0.25) is 0 Å². The molecule has 16 heavy (non-hydrogen) atoms. The van der Waals surface area contributed by atoms with Gasteiger partial charge >= 0.3 is 12.1 Å². The van der Waals surface area contributed by atoms with Gasteiger partial charge in [-0.1, -0.05) is 0 Å². The van der Waals surface area contributed by atoms with Crippen molar-refractivity contribution in [3.8, 4) is 0 Å². The molecule has 1 aliphatic rings. The number of hydrogen-bond acceptors (Lipinski definition) is 4. The quantitative estimate of drug-likeness (QED) is 0.635. The molecule has 1 rings (SSSR count). The monoisotopic (exact) mass is 228 g/mol. The lowest BCUT2D eigenvalue weighted by atomic mass is 10.1. The first kappa shape index (κ1) is 12.0. The first-order valence-electron chi connectivity index (χ1n) is 4.51. The Morgan fingerprint density at radius 2 is 2.00 bits per heavy atom. The van der Waals surface area contributed by atoms with Crippen molar-refractivity contribution in [2.75, 3.05) is 14.1 Å². The van der Waals surface area contributed by atoms with Gasteiger partial charge in [0.25, 0.3) is 5.91 Å². The summed E-state index contributed by atoms with van der Waals surface area (Å²) in [6.45, 7) is 0. The Kier molecular flexibility index (Phi) is 3.17. The van der Waals surface area contributed by atoms with E-state index in [4.69, 9.17) is 10.2 Å². The number of carbonyl (C=O) groups is 3. The summed E-state index contributed by atoms with van der Waals surface area (Å²) in [4.78, 5) is 35.1. The van der Waals surface area contributed by atoms with Crippen molar-refractivity contribution >= 4 is 18.0 Å². The largest absolute Gasteiger partial charge is 0.480 e. The smallest absolute Gasteiger partial charge is 0.415 e. The summed E-state index contributed by atoms with van der Waals surface area (Å²) in [5.74, 6) is -2.09. The molecular formula is C9H12N2O5. The summed E-state index contributed by atoms with van der Waals surface area (Å²) in [5.41, 5.74) is 0.180. The van der Waals surface area contributed by atoms with Crippen LogP contribution in [0.15, 0.2) is 11.8 Å². The number of carboxylic acid groups (broad SMARTS) is 2. The summed E-state index contributed by atoms with van der Waals surface area (Å²) < 4.78 is 0. The van der Waals surface area contributed by atoms with Gasteiger partial charge in [0.2, 0.25) is 0 Å². The highest BCUT2D eigenvalue weighted by Gasteiger charge is 2.43. The van der Waals surface area contributed by atoms with Gasteiger partial charge in [0.1, 0.15) is 6.04 Å². The molecule has 88 valence electrons. The molecule has 0 saturated carbocycles. The first-order chi connectivity index (χ1) is 7.34. The zero-order valence-corrected chi connectivity index (χ0v) is 8.88. The van der Waals surface area contributed by atoms with Crippen molar-refractivity contribution in [2.45, 2.75) is 12.5 Å². The van der Waals surface area contributed by atoms with Gasteiger partial charge in [-0.25, -0.2) is 14.5 Å². The molecule has 1 atom stereocenters. The molecule has 1 aliphatic heterocycles. The van der Waals surface area contributed by atoms with Crippen LogP contribution >= 0.6 is 0 Å². The molecule has 7 nitrogen and oxygen atoms in total. The topological polar surface area (TPSA) is 98.2 Å². The predicted octanol–water partition coefficient (Wildman–Crippen LogP) is -0.205. The van der Waals surface area contributed by atoms with Crippen molar-refractivity contribution in [3.63, 3.8) is 0 Å². The van der Waals surface area contributed by atoms with E-state index in [2.05, 4.69) is 0 Å². The van der Waals surface area contributed by atoms with Gasteiger partial charge in [-0.2, -0.15) is 0 Å². The van der Waals surface area contributed by atoms with E-state index in [0.29, 0.717) is 4.90 Å². The Bertz CT molecular complexity index is 374. The van der Waals surface area contributed by atoms with Gasteiger partial charge in [0.05, 0.1) is 0 Å². The van der Waals surface area contributed by atoms with Crippen LogP contribution in [0.4, 0.5) is 4.79 Å². The molecule has 0 aromatic rings. The third-order valence-corrected chi connectivity index (χ3v) is 2.12. The summed E-state index contributed by atoms with van der Waals surface area (Å²) in [7, 11) is 3.33. The lowest BCUT2D eigenvalue weighted by Crippen LogP contribution is -2.42. The molecule has 0 aliphatic carbocycles. The van der Waals surface area contributed by atoms with E-state index in [1.54, 1.807) is 19.0 Å². The number of aliphatic carboxylic acids is 1. The van der Waals surface area contributed by atoms with Crippen molar-refractivity contribution < 1.29 is 24.6 Å². The maximum Gasteiger partial charge on any atom is 0.415 e. The van der Waals surface area contributed by atoms with Crippen molar-refractivity contribution in [3.05, 3.63) is 11.8 Å². The normalized spacial score (nSPS) is 22.6. The van der Waals surface area contributed by atoms with Gasteiger partial charge in [-0.3, -0.25) is 4.79 Å². The summed E-state index contributed by atoms with van der Waals surface area (Å²) in [6, 6.07) is -1.32. The van der Waals surface area contributed by atoms with Crippen LogP contribution in [0.25, 0.3) is 0 Å². The molecule has 0 spiro atoms. The van der Waals surface area contributed by atoms with Crippen LogP contribution in [0.3, 0.4) is 0 Å². The van der Waals surface area contributed by atoms with E-state index >= 15 is 0 Å². The molecule has 7 heteroatoms. The fourth-order valence-corrected chi connectivity index (χ4v) is 1.52. The fourth-order valence-electron chi connectivity index (χ4n) is 1.52. The summed E-state index contributed by atoms with van der Waals surface area (Å²) >= 11 is 0. The molecule has 1 fully saturated rings. The van der Waals surface area contributed by atoms with Crippen LogP contribution in [0.1, 0.15) is 6.42 Å². The molecule has 2 amide bonds. The fraction of sp³-hybridized carbons (Fsp3) is 0.444. The summed E-state index contributed by atoms with van der Waals surface area (Å²) in [5, 5.41) is 17.6. The number of amides is 2. The predicted molar refractivity (Wildman–Crippen MR) is 52.7 cm³/mol. The van der Waals surface area contributed by atoms with Gasteiger partial charge in [0.15, 0.2) is 0 Å². The highest BCUT2D eigenvalue weighted by Crippen LogP contribution is 2.24. The van der Waals surface area contributed by atoms with Crippen molar-refractivity contribution in [2.24, 2.45) is 0 Å². The number of imide groups is 1. The minimum absolute atomic E-state index is 0.0986. The molecule has 0 aromatic heterocycles. The number of rotatable bonds is 2. The zero-order valence-electron chi connectivity index (χ0n) is 8.88. The molecule has 0 bridgehead atoms. The Balaban J connectivity index is 3.05. The van der Waals surface area contributed by atoms with E-state index < -0.39 is 24.0 Å². The Labute approximate surface area is 91.6 Å². The SMILES string of the molecule is CN(C)/C=C1\C[C@@H](C(=O)O)N(C(=O)O)C1=O. The molecule has 1 heterocycles. The number of carbonyl (C=O) groups excluding carboxylic acids is 1.